The average Bonchev–Trinajstić information content (AvgIpc) is 2.63. The van der Waals surface area contributed by atoms with Gasteiger partial charge in [0.05, 0.1) is 0 Å². The van der Waals surface area contributed by atoms with Crippen LogP contribution in [0.3, 0.4) is 0 Å². The summed E-state index contributed by atoms with van der Waals surface area (Å²) in [6, 6.07) is 4.62. The lowest BCUT2D eigenvalue weighted by Crippen LogP contribution is -2.10. The molecule has 1 N–H and O–H groups in total. The average molecular weight is 272 g/mol. The molecule has 0 aliphatic carbocycles. The third kappa shape index (κ3) is 2.15. The Balaban J connectivity index is 2.23. The molecule has 0 bridgehead atoms. The fourth-order valence-corrected chi connectivity index (χ4v) is 3.70. The molecule has 2 rings (SSSR count). The molecule has 3 heteroatoms. The number of thioether (sulfide) groups is 1. The van der Waals surface area contributed by atoms with Crippen LogP contribution >= 0.6 is 27.7 Å². The first-order valence-corrected chi connectivity index (χ1v) is 6.68. The lowest BCUT2D eigenvalue weighted by atomic mass is 10.1. The van der Waals surface area contributed by atoms with Gasteiger partial charge in [-0.1, -0.05) is 6.07 Å². The van der Waals surface area contributed by atoms with Crippen LogP contribution in [0.2, 0.25) is 0 Å². The van der Waals surface area contributed by atoms with Crippen LogP contribution in [0.15, 0.2) is 21.5 Å². The number of hydrogen-bond acceptors (Lipinski definition) is 2. The molecule has 0 unspecified atom stereocenters. The molecule has 0 saturated heterocycles. The van der Waals surface area contributed by atoms with Gasteiger partial charge in [-0.15, -0.1) is 11.8 Å². The summed E-state index contributed by atoms with van der Waals surface area (Å²) in [5, 5.41) is 3.18. The van der Waals surface area contributed by atoms with Gasteiger partial charge < -0.3 is 5.32 Å². The normalized spacial score (nSPS) is 14.4. The zero-order chi connectivity index (χ0) is 9.97. The minimum atomic E-state index is 1.05. The second kappa shape index (κ2) is 4.69. The number of hydrogen-bond donors (Lipinski definition) is 1. The minimum Gasteiger partial charge on any atom is -0.319 e. The molecule has 14 heavy (non-hydrogen) atoms. The van der Waals surface area contributed by atoms with E-state index in [4.69, 9.17) is 0 Å². The minimum absolute atomic E-state index is 1.05. The van der Waals surface area contributed by atoms with Gasteiger partial charge in [-0.3, -0.25) is 0 Å². The summed E-state index contributed by atoms with van der Waals surface area (Å²) in [7, 11) is 2.00. The molecule has 1 aliphatic rings. The molecule has 1 aromatic rings. The molecule has 1 nitrogen and oxygen atoms in total. The summed E-state index contributed by atoms with van der Waals surface area (Å²) in [5.74, 6) is 1.24. The summed E-state index contributed by atoms with van der Waals surface area (Å²) in [6.45, 7) is 1.05. The van der Waals surface area contributed by atoms with Gasteiger partial charge in [-0.05, 0) is 59.6 Å². The Morgan fingerprint density at radius 3 is 3.14 bits per heavy atom. The first-order chi connectivity index (χ1) is 6.81. The van der Waals surface area contributed by atoms with Gasteiger partial charge in [0.2, 0.25) is 0 Å². The topological polar surface area (TPSA) is 12.0 Å². The van der Waals surface area contributed by atoms with Crippen molar-refractivity contribution in [3.63, 3.8) is 0 Å². The summed E-state index contributed by atoms with van der Waals surface area (Å²) in [4.78, 5) is 1.46. The van der Waals surface area contributed by atoms with E-state index in [1.165, 1.54) is 32.7 Å². The van der Waals surface area contributed by atoms with Crippen molar-refractivity contribution in [3.05, 3.63) is 27.7 Å². The van der Waals surface area contributed by atoms with Crippen molar-refractivity contribution in [2.75, 3.05) is 19.3 Å². The van der Waals surface area contributed by atoms with Gasteiger partial charge in [0.15, 0.2) is 0 Å². The van der Waals surface area contributed by atoms with Crippen molar-refractivity contribution in [1.82, 2.24) is 5.32 Å². The molecule has 0 spiro atoms. The number of rotatable bonds is 3. The molecule has 1 aromatic carbocycles. The maximum atomic E-state index is 3.65. The molecule has 0 fully saturated rings. The largest absolute Gasteiger partial charge is 0.319 e. The maximum absolute atomic E-state index is 3.65. The zero-order valence-corrected chi connectivity index (χ0v) is 10.7. The highest BCUT2D eigenvalue weighted by atomic mass is 79.9. The van der Waals surface area contributed by atoms with Crippen molar-refractivity contribution < 1.29 is 0 Å². The van der Waals surface area contributed by atoms with Crippen LogP contribution in [0.25, 0.3) is 0 Å². The van der Waals surface area contributed by atoms with Crippen molar-refractivity contribution in [2.45, 2.75) is 17.7 Å². The van der Waals surface area contributed by atoms with Crippen LogP contribution < -0.4 is 5.32 Å². The Morgan fingerprint density at radius 1 is 1.50 bits per heavy atom. The van der Waals surface area contributed by atoms with E-state index in [1.54, 1.807) is 0 Å². The molecule has 76 valence electrons. The standard InChI is InChI=1S/C11H14BrNS/c1-13-4-2-8-6-9-3-5-14-11(9)10(12)7-8/h6-7,13H,2-5H2,1H3. The Kier molecular flexibility index (Phi) is 3.52. The smallest absolute Gasteiger partial charge is 0.0316 e. The predicted octanol–water partition coefficient (Wildman–Crippen LogP) is 2.86. The summed E-state index contributed by atoms with van der Waals surface area (Å²) >= 11 is 5.61. The molecule has 0 amide bonds. The number of halogens is 1. The first kappa shape index (κ1) is 10.5. The van der Waals surface area contributed by atoms with Gasteiger partial charge in [0.1, 0.15) is 0 Å². The first-order valence-electron chi connectivity index (χ1n) is 4.90. The quantitative estimate of drug-likeness (QED) is 0.908. The fourth-order valence-electron chi connectivity index (χ4n) is 1.74. The van der Waals surface area contributed by atoms with Gasteiger partial charge in [0.25, 0.3) is 0 Å². The lowest BCUT2D eigenvalue weighted by Gasteiger charge is -2.06. The van der Waals surface area contributed by atoms with Crippen molar-refractivity contribution >= 4 is 27.7 Å². The monoisotopic (exact) mass is 271 g/mol. The molecular formula is C11H14BrNS. The molecule has 0 radical (unpaired) electrons. The van der Waals surface area contributed by atoms with Gasteiger partial charge in [-0.25, -0.2) is 0 Å². The number of nitrogens with one attached hydrogen (secondary N) is 1. The highest BCUT2D eigenvalue weighted by Gasteiger charge is 2.15. The van der Waals surface area contributed by atoms with Crippen LogP contribution in [0.5, 0.6) is 0 Å². The number of likely N-dealkylation sites (N-methyl/N-ethyl adjacent to an activating group) is 1. The summed E-state index contributed by atoms with van der Waals surface area (Å²) < 4.78 is 1.28. The van der Waals surface area contributed by atoms with Crippen molar-refractivity contribution in [1.29, 1.82) is 0 Å². The van der Waals surface area contributed by atoms with E-state index in [2.05, 4.69) is 33.4 Å². The van der Waals surface area contributed by atoms with Crippen LogP contribution in [0.1, 0.15) is 11.1 Å². The van der Waals surface area contributed by atoms with Crippen molar-refractivity contribution in [3.8, 4) is 0 Å². The van der Waals surface area contributed by atoms with E-state index < -0.39 is 0 Å². The molecule has 0 saturated carbocycles. The third-order valence-electron chi connectivity index (χ3n) is 2.46. The second-order valence-electron chi connectivity index (χ2n) is 3.52. The van der Waals surface area contributed by atoms with Crippen LogP contribution in [-0.2, 0) is 12.8 Å². The van der Waals surface area contributed by atoms with Gasteiger partial charge in [0, 0.05) is 15.1 Å². The Bertz CT molecular complexity index is 338. The molecule has 0 aromatic heterocycles. The van der Waals surface area contributed by atoms with Gasteiger partial charge in [-0.2, -0.15) is 0 Å². The van der Waals surface area contributed by atoms with E-state index in [0.717, 1.165) is 13.0 Å². The van der Waals surface area contributed by atoms with Crippen LogP contribution in [0.4, 0.5) is 0 Å². The number of aryl methyl sites for hydroxylation is 1. The number of fused-ring (bicyclic) bond motifs is 1. The van der Waals surface area contributed by atoms with E-state index in [0.29, 0.717) is 0 Å². The van der Waals surface area contributed by atoms with Crippen molar-refractivity contribution in [2.24, 2.45) is 0 Å². The molecular weight excluding hydrogens is 258 g/mol. The number of benzene rings is 1. The Labute approximate surface area is 97.8 Å². The SMILES string of the molecule is CNCCc1cc(Br)c2c(c1)CCS2. The Morgan fingerprint density at radius 2 is 2.36 bits per heavy atom. The maximum Gasteiger partial charge on any atom is 0.0316 e. The van der Waals surface area contributed by atoms with Crippen LogP contribution in [-0.4, -0.2) is 19.3 Å². The zero-order valence-electron chi connectivity index (χ0n) is 8.27. The highest BCUT2D eigenvalue weighted by Crippen LogP contribution is 2.38. The van der Waals surface area contributed by atoms with Gasteiger partial charge >= 0.3 is 0 Å². The molecule has 1 heterocycles. The fraction of sp³-hybridized carbons (Fsp3) is 0.455. The van der Waals surface area contributed by atoms with Crippen LogP contribution in [0, 0.1) is 0 Å². The molecule has 0 atom stereocenters. The summed E-state index contributed by atoms with van der Waals surface area (Å²) in [6.07, 6.45) is 2.35. The van der Waals surface area contributed by atoms with E-state index in [9.17, 15) is 0 Å². The summed E-state index contributed by atoms with van der Waals surface area (Å²) in [5.41, 5.74) is 2.96. The van der Waals surface area contributed by atoms with E-state index in [-0.39, 0.29) is 0 Å². The Hall–Kier alpha value is 0.01000. The van der Waals surface area contributed by atoms with E-state index in [1.807, 2.05) is 18.8 Å². The van der Waals surface area contributed by atoms with E-state index >= 15 is 0 Å². The third-order valence-corrected chi connectivity index (χ3v) is 4.53. The lowest BCUT2D eigenvalue weighted by molar-refractivity contribution is 0.789. The highest BCUT2D eigenvalue weighted by molar-refractivity contribution is 9.10. The molecule has 1 aliphatic heterocycles. The second-order valence-corrected chi connectivity index (χ2v) is 5.48. The predicted molar refractivity (Wildman–Crippen MR) is 66.2 cm³/mol.